The number of hydrogen-bond acceptors (Lipinski definition) is 2. The van der Waals surface area contributed by atoms with Crippen molar-refractivity contribution in [3.05, 3.63) is 54.1 Å². The van der Waals surface area contributed by atoms with E-state index in [0.717, 1.165) is 25.5 Å². The summed E-state index contributed by atoms with van der Waals surface area (Å²) < 4.78 is 20.5. The molecule has 1 heterocycles. The molecule has 0 saturated heterocycles. The number of rotatable bonds is 7. The molecular formula is C18H26FIN4O. The van der Waals surface area contributed by atoms with Gasteiger partial charge in [0.25, 0.3) is 0 Å². The van der Waals surface area contributed by atoms with Gasteiger partial charge >= 0.3 is 0 Å². The lowest BCUT2D eigenvalue weighted by Crippen LogP contribution is -2.39. The van der Waals surface area contributed by atoms with Crippen molar-refractivity contribution >= 4 is 29.9 Å². The Balaban J connectivity index is 0.00000312. The Labute approximate surface area is 165 Å². The van der Waals surface area contributed by atoms with E-state index in [0.29, 0.717) is 12.4 Å². The van der Waals surface area contributed by atoms with E-state index in [1.807, 2.05) is 26.4 Å². The standard InChI is InChI=1S/C18H25FN4O.HI/c1-20-18(23(3)14-16-6-4-12-22(16)2)21-11-5-13-24-17-9-7-15(19)8-10-17;/h4,6-10,12H,5,11,13-14H2,1-3H3,(H,20,21);1H. The summed E-state index contributed by atoms with van der Waals surface area (Å²) in [4.78, 5) is 6.38. The van der Waals surface area contributed by atoms with Crippen LogP contribution in [0, 0.1) is 5.82 Å². The van der Waals surface area contributed by atoms with Gasteiger partial charge in [0.15, 0.2) is 5.96 Å². The first-order valence-electron chi connectivity index (χ1n) is 8.00. The molecule has 2 aromatic rings. The van der Waals surface area contributed by atoms with Crippen molar-refractivity contribution in [1.29, 1.82) is 0 Å². The minimum atomic E-state index is -0.255. The van der Waals surface area contributed by atoms with E-state index < -0.39 is 0 Å². The zero-order chi connectivity index (χ0) is 17.4. The number of benzene rings is 1. The van der Waals surface area contributed by atoms with Crippen molar-refractivity contribution in [3.63, 3.8) is 0 Å². The average molecular weight is 460 g/mol. The van der Waals surface area contributed by atoms with Gasteiger partial charge in [-0.05, 0) is 42.8 Å². The second kappa shape index (κ2) is 11.0. The summed E-state index contributed by atoms with van der Waals surface area (Å²) in [6.45, 7) is 2.11. The molecule has 5 nitrogen and oxygen atoms in total. The average Bonchev–Trinajstić information content (AvgIpc) is 2.97. The Morgan fingerprint density at radius 3 is 2.60 bits per heavy atom. The third kappa shape index (κ3) is 6.93. The maximum Gasteiger partial charge on any atom is 0.193 e. The van der Waals surface area contributed by atoms with E-state index in [2.05, 4.69) is 25.8 Å². The first kappa shape index (κ1) is 21.3. The lowest BCUT2D eigenvalue weighted by Gasteiger charge is -2.22. The number of nitrogens with one attached hydrogen (secondary N) is 1. The van der Waals surface area contributed by atoms with Gasteiger partial charge in [-0.15, -0.1) is 24.0 Å². The quantitative estimate of drug-likeness (QED) is 0.299. The topological polar surface area (TPSA) is 41.8 Å². The lowest BCUT2D eigenvalue weighted by atomic mass is 10.3. The Hall–Kier alpha value is -1.77. The SMILES string of the molecule is CN=C(NCCCOc1ccc(F)cc1)N(C)Cc1cccn1C.I. The van der Waals surface area contributed by atoms with Gasteiger partial charge in [-0.3, -0.25) is 4.99 Å². The number of ether oxygens (including phenoxy) is 1. The first-order chi connectivity index (χ1) is 11.6. The molecule has 0 atom stereocenters. The van der Waals surface area contributed by atoms with Gasteiger partial charge < -0.3 is 19.5 Å². The highest BCUT2D eigenvalue weighted by Gasteiger charge is 2.07. The predicted molar refractivity (Wildman–Crippen MR) is 110 cm³/mol. The number of guanidine groups is 1. The highest BCUT2D eigenvalue weighted by Crippen LogP contribution is 2.11. The van der Waals surface area contributed by atoms with E-state index >= 15 is 0 Å². The van der Waals surface area contributed by atoms with Gasteiger partial charge in [0.1, 0.15) is 11.6 Å². The normalized spacial score (nSPS) is 11.0. The van der Waals surface area contributed by atoms with Crippen LogP contribution in [0.2, 0.25) is 0 Å². The molecule has 1 N–H and O–H groups in total. The van der Waals surface area contributed by atoms with Gasteiger partial charge in [-0.25, -0.2) is 4.39 Å². The molecule has 1 aromatic heterocycles. The fourth-order valence-corrected chi connectivity index (χ4v) is 2.36. The molecule has 0 aliphatic rings. The third-order valence-electron chi connectivity index (χ3n) is 3.71. The second-order valence-corrected chi connectivity index (χ2v) is 5.60. The summed E-state index contributed by atoms with van der Waals surface area (Å²) in [6.07, 6.45) is 2.86. The molecule has 25 heavy (non-hydrogen) atoms. The molecule has 138 valence electrons. The molecular weight excluding hydrogens is 434 g/mol. The van der Waals surface area contributed by atoms with Gasteiger partial charge in [0.2, 0.25) is 0 Å². The zero-order valence-corrected chi connectivity index (χ0v) is 17.2. The van der Waals surface area contributed by atoms with Crippen molar-refractivity contribution in [3.8, 4) is 5.75 Å². The van der Waals surface area contributed by atoms with Crippen LogP contribution in [0.5, 0.6) is 5.75 Å². The van der Waals surface area contributed by atoms with Crippen molar-refractivity contribution in [1.82, 2.24) is 14.8 Å². The number of aromatic nitrogens is 1. The molecule has 2 rings (SSSR count). The molecule has 1 aromatic carbocycles. The number of hydrogen-bond donors (Lipinski definition) is 1. The number of aryl methyl sites for hydroxylation is 1. The van der Waals surface area contributed by atoms with Crippen LogP contribution in [-0.2, 0) is 13.6 Å². The lowest BCUT2D eigenvalue weighted by molar-refractivity contribution is 0.309. The zero-order valence-electron chi connectivity index (χ0n) is 14.9. The Morgan fingerprint density at radius 1 is 1.28 bits per heavy atom. The molecule has 0 radical (unpaired) electrons. The van der Waals surface area contributed by atoms with Crippen LogP contribution in [0.4, 0.5) is 4.39 Å². The van der Waals surface area contributed by atoms with Gasteiger partial charge in [-0.2, -0.15) is 0 Å². The maximum absolute atomic E-state index is 12.8. The van der Waals surface area contributed by atoms with E-state index in [1.54, 1.807) is 19.2 Å². The van der Waals surface area contributed by atoms with Crippen LogP contribution in [0.15, 0.2) is 47.6 Å². The smallest absolute Gasteiger partial charge is 0.193 e. The van der Waals surface area contributed by atoms with Crippen molar-refractivity contribution < 1.29 is 9.13 Å². The number of nitrogens with zero attached hydrogens (tertiary/aromatic N) is 3. The summed E-state index contributed by atoms with van der Waals surface area (Å²) in [5.74, 6) is 1.27. The molecule has 0 saturated carbocycles. The summed E-state index contributed by atoms with van der Waals surface area (Å²) in [5, 5.41) is 3.32. The summed E-state index contributed by atoms with van der Waals surface area (Å²) in [5.41, 5.74) is 1.22. The minimum absolute atomic E-state index is 0. The van der Waals surface area contributed by atoms with Crippen molar-refractivity contribution in [2.24, 2.45) is 12.0 Å². The van der Waals surface area contributed by atoms with E-state index in [4.69, 9.17) is 4.74 Å². The Bertz CT molecular complexity index is 657. The number of halogens is 2. The van der Waals surface area contributed by atoms with Gasteiger partial charge in [0.05, 0.1) is 13.2 Å². The van der Waals surface area contributed by atoms with Crippen molar-refractivity contribution in [2.45, 2.75) is 13.0 Å². The second-order valence-electron chi connectivity index (χ2n) is 5.60. The minimum Gasteiger partial charge on any atom is -0.494 e. The van der Waals surface area contributed by atoms with Crippen LogP contribution in [-0.4, -0.2) is 42.7 Å². The summed E-state index contributed by atoms with van der Waals surface area (Å²) in [7, 11) is 5.82. The molecule has 0 aliphatic heterocycles. The van der Waals surface area contributed by atoms with Gasteiger partial charge in [-0.1, -0.05) is 0 Å². The molecule has 0 unspecified atom stereocenters. The fraction of sp³-hybridized carbons (Fsp3) is 0.389. The molecule has 0 fully saturated rings. The van der Waals surface area contributed by atoms with E-state index in [-0.39, 0.29) is 29.8 Å². The largest absolute Gasteiger partial charge is 0.494 e. The summed E-state index contributed by atoms with van der Waals surface area (Å²) in [6, 6.07) is 10.2. The first-order valence-corrected chi connectivity index (χ1v) is 8.00. The summed E-state index contributed by atoms with van der Waals surface area (Å²) >= 11 is 0. The third-order valence-corrected chi connectivity index (χ3v) is 3.71. The molecule has 7 heteroatoms. The van der Waals surface area contributed by atoms with Gasteiger partial charge in [0, 0.05) is 39.6 Å². The van der Waals surface area contributed by atoms with Crippen LogP contribution in [0.3, 0.4) is 0 Å². The van der Waals surface area contributed by atoms with Crippen LogP contribution in [0.1, 0.15) is 12.1 Å². The van der Waals surface area contributed by atoms with E-state index in [1.165, 1.54) is 17.8 Å². The Morgan fingerprint density at radius 2 is 2.00 bits per heavy atom. The fourth-order valence-electron chi connectivity index (χ4n) is 2.36. The Kier molecular flexibility index (Phi) is 9.33. The van der Waals surface area contributed by atoms with E-state index in [9.17, 15) is 4.39 Å². The molecule has 0 spiro atoms. The number of aliphatic imine (C=N–C) groups is 1. The highest BCUT2D eigenvalue weighted by molar-refractivity contribution is 14.0. The predicted octanol–water partition coefficient (Wildman–Crippen LogP) is 3.26. The molecule has 0 bridgehead atoms. The van der Waals surface area contributed by atoms with Crippen molar-refractivity contribution in [2.75, 3.05) is 27.2 Å². The monoisotopic (exact) mass is 460 g/mol. The van der Waals surface area contributed by atoms with Crippen LogP contribution in [0.25, 0.3) is 0 Å². The van der Waals surface area contributed by atoms with Crippen LogP contribution >= 0.6 is 24.0 Å². The highest BCUT2D eigenvalue weighted by atomic mass is 127. The molecule has 0 aliphatic carbocycles. The maximum atomic E-state index is 12.8. The van der Waals surface area contributed by atoms with Crippen LogP contribution < -0.4 is 10.1 Å². The molecule has 0 amide bonds.